The summed E-state index contributed by atoms with van der Waals surface area (Å²) in [6.07, 6.45) is 0. The molecular weight excluding hydrogens is 208 g/mol. The van der Waals surface area contributed by atoms with Crippen molar-refractivity contribution in [1.29, 1.82) is 0 Å². The summed E-state index contributed by atoms with van der Waals surface area (Å²) in [7, 11) is 3.13. The highest BCUT2D eigenvalue weighted by Crippen LogP contribution is 2.12. The van der Waals surface area contributed by atoms with Crippen LogP contribution in [0.4, 0.5) is 0 Å². The minimum atomic E-state index is -0.120. The van der Waals surface area contributed by atoms with Crippen molar-refractivity contribution >= 4 is 11.0 Å². The molecule has 1 aromatic carbocycles. The van der Waals surface area contributed by atoms with Gasteiger partial charge < -0.3 is 9.47 Å². The SMILES string of the molecule is COCn1c(=O)n(COC)c2ccccc21. The molecule has 0 N–H and O–H groups in total. The Bertz CT molecular complexity index is 496. The van der Waals surface area contributed by atoms with Gasteiger partial charge in [0.15, 0.2) is 0 Å². The van der Waals surface area contributed by atoms with Gasteiger partial charge in [-0.2, -0.15) is 0 Å². The van der Waals surface area contributed by atoms with Crippen LogP contribution in [0.5, 0.6) is 0 Å². The second kappa shape index (κ2) is 4.51. The van der Waals surface area contributed by atoms with Crippen molar-refractivity contribution in [1.82, 2.24) is 9.13 Å². The van der Waals surface area contributed by atoms with E-state index >= 15 is 0 Å². The van der Waals surface area contributed by atoms with Crippen LogP contribution in [0, 0.1) is 0 Å². The number of imidazole rings is 1. The van der Waals surface area contributed by atoms with Gasteiger partial charge in [0.1, 0.15) is 13.5 Å². The largest absolute Gasteiger partial charge is 0.364 e. The zero-order valence-corrected chi connectivity index (χ0v) is 9.34. The third-order valence-electron chi connectivity index (χ3n) is 2.44. The van der Waals surface area contributed by atoms with Gasteiger partial charge in [0.25, 0.3) is 0 Å². The Morgan fingerprint density at radius 2 is 1.44 bits per heavy atom. The van der Waals surface area contributed by atoms with Crippen molar-refractivity contribution in [3.05, 3.63) is 34.7 Å². The van der Waals surface area contributed by atoms with Gasteiger partial charge in [-0.3, -0.25) is 9.13 Å². The molecule has 0 aliphatic carbocycles. The van der Waals surface area contributed by atoms with Gasteiger partial charge in [0, 0.05) is 14.2 Å². The molecule has 0 amide bonds. The Hall–Kier alpha value is -1.59. The van der Waals surface area contributed by atoms with E-state index < -0.39 is 0 Å². The molecule has 1 aromatic heterocycles. The predicted octanol–water partition coefficient (Wildman–Crippen LogP) is 1.01. The summed E-state index contributed by atoms with van der Waals surface area (Å²) in [6.45, 7) is 0.492. The first kappa shape index (κ1) is 10.9. The predicted molar refractivity (Wildman–Crippen MR) is 60.2 cm³/mol. The molecule has 0 spiro atoms. The second-order valence-electron chi connectivity index (χ2n) is 3.46. The number of benzene rings is 1. The maximum atomic E-state index is 12.0. The first-order valence-corrected chi connectivity index (χ1v) is 4.95. The summed E-state index contributed by atoms with van der Waals surface area (Å²) < 4.78 is 13.2. The molecule has 0 fully saturated rings. The molecule has 2 rings (SSSR count). The first-order chi connectivity index (χ1) is 7.79. The number of ether oxygens (including phenoxy) is 2. The number of aromatic nitrogens is 2. The Labute approximate surface area is 92.8 Å². The molecule has 5 nitrogen and oxygen atoms in total. The number of hydrogen-bond acceptors (Lipinski definition) is 3. The molecule has 16 heavy (non-hydrogen) atoms. The highest BCUT2D eigenvalue weighted by molar-refractivity contribution is 5.75. The molecule has 0 aliphatic heterocycles. The number of hydrogen-bond donors (Lipinski definition) is 0. The molecule has 5 heteroatoms. The van der Waals surface area contributed by atoms with Crippen LogP contribution in [0.2, 0.25) is 0 Å². The maximum Gasteiger partial charge on any atom is 0.332 e. The van der Waals surface area contributed by atoms with Crippen LogP contribution in [0.25, 0.3) is 11.0 Å². The molecule has 0 unspecified atom stereocenters. The quantitative estimate of drug-likeness (QED) is 0.775. The average molecular weight is 222 g/mol. The first-order valence-electron chi connectivity index (χ1n) is 4.95. The Morgan fingerprint density at radius 3 is 1.81 bits per heavy atom. The van der Waals surface area contributed by atoms with E-state index in [2.05, 4.69) is 0 Å². The van der Waals surface area contributed by atoms with Crippen LogP contribution < -0.4 is 5.69 Å². The lowest BCUT2D eigenvalue weighted by atomic mass is 10.3. The van der Waals surface area contributed by atoms with Gasteiger partial charge in [0.2, 0.25) is 0 Å². The smallest absolute Gasteiger partial charge is 0.332 e. The summed E-state index contributed by atoms with van der Waals surface area (Å²) in [5.41, 5.74) is 1.59. The molecule has 0 radical (unpaired) electrons. The number of para-hydroxylation sites is 2. The molecule has 0 atom stereocenters. The van der Waals surface area contributed by atoms with E-state index in [0.29, 0.717) is 0 Å². The fourth-order valence-corrected chi connectivity index (χ4v) is 1.78. The normalized spacial score (nSPS) is 11.1. The summed E-state index contributed by atoms with van der Waals surface area (Å²) in [4.78, 5) is 12.0. The third-order valence-corrected chi connectivity index (χ3v) is 2.44. The fourth-order valence-electron chi connectivity index (χ4n) is 1.78. The molecule has 2 aromatic rings. The number of fused-ring (bicyclic) bond motifs is 1. The number of rotatable bonds is 4. The average Bonchev–Trinajstić information content (AvgIpc) is 2.56. The van der Waals surface area contributed by atoms with Crippen molar-refractivity contribution in [2.45, 2.75) is 13.5 Å². The Morgan fingerprint density at radius 1 is 1.00 bits per heavy atom. The van der Waals surface area contributed by atoms with Crippen LogP contribution in [0.3, 0.4) is 0 Å². The Balaban J connectivity index is 2.70. The van der Waals surface area contributed by atoms with Gasteiger partial charge in [-0.05, 0) is 12.1 Å². The van der Waals surface area contributed by atoms with Crippen molar-refractivity contribution in [2.24, 2.45) is 0 Å². The van der Waals surface area contributed by atoms with E-state index in [1.165, 1.54) is 0 Å². The maximum absolute atomic E-state index is 12.0. The number of methoxy groups -OCH3 is 2. The molecule has 0 aliphatic rings. The third kappa shape index (κ3) is 1.64. The summed E-state index contributed by atoms with van der Waals surface area (Å²) in [5.74, 6) is 0. The van der Waals surface area contributed by atoms with E-state index in [4.69, 9.17) is 9.47 Å². The molecule has 0 bridgehead atoms. The minimum absolute atomic E-state index is 0.120. The van der Waals surface area contributed by atoms with Gasteiger partial charge in [0.05, 0.1) is 11.0 Å². The Kier molecular flexibility index (Phi) is 3.07. The highest BCUT2D eigenvalue weighted by Gasteiger charge is 2.11. The minimum Gasteiger partial charge on any atom is -0.364 e. The standard InChI is InChI=1S/C11H14N2O3/c1-15-7-12-9-5-3-4-6-10(9)13(8-16-2)11(12)14/h3-6H,7-8H2,1-2H3. The zero-order chi connectivity index (χ0) is 11.5. The van der Waals surface area contributed by atoms with E-state index in [-0.39, 0.29) is 19.2 Å². The van der Waals surface area contributed by atoms with Gasteiger partial charge in [-0.1, -0.05) is 12.1 Å². The molecule has 1 heterocycles. The van der Waals surface area contributed by atoms with E-state index in [0.717, 1.165) is 11.0 Å². The fraction of sp³-hybridized carbons (Fsp3) is 0.364. The van der Waals surface area contributed by atoms with Crippen LogP contribution >= 0.6 is 0 Å². The lowest BCUT2D eigenvalue weighted by Gasteiger charge is -1.99. The topological polar surface area (TPSA) is 45.4 Å². The van der Waals surface area contributed by atoms with Crippen LogP contribution in [-0.4, -0.2) is 23.4 Å². The van der Waals surface area contributed by atoms with Gasteiger partial charge in [-0.25, -0.2) is 4.79 Å². The van der Waals surface area contributed by atoms with E-state index in [1.54, 1.807) is 23.4 Å². The zero-order valence-electron chi connectivity index (χ0n) is 9.34. The van der Waals surface area contributed by atoms with Crippen molar-refractivity contribution < 1.29 is 9.47 Å². The number of nitrogens with zero attached hydrogens (tertiary/aromatic N) is 2. The van der Waals surface area contributed by atoms with E-state index in [1.807, 2.05) is 24.3 Å². The van der Waals surface area contributed by atoms with Crippen molar-refractivity contribution in [3.63, 3.8) is 0 Å². The van der Waals surface area contributed by atoms with Crippen LogP contribution in [0.15, 0.2) is 29.1 Å². The monoisotopic (exact) mass is 222 g/mol. The molecule has 86 valence electrons. The highest BCUT2D eigenvalue weighted by atomic mass is 16.5. The lowest BCUT2D eigenvalue weighted by Crippen LogP contribution is -2.25. The van der Waals surface area contributed by atoms with Crippen LogP contribution in [0.1, 0.15) is 0 Å². The summed E-state index contributed by atoms with van der Waals surface area (Å²) in [5, 5.41) is 0. The van der Waals surface area contributed by atoms with Crippen molar-refractivity contribution in [2.75, 3.05) is 14.2 Å². The second-order valence-corrected chi connectivity index (χ2v) is 3.46. The molecule has 0 saturated heterocycles. The molecule has 0 saturated carbocycles. The summed E-state index contributed by atoms with van der Waals surface area (Å²) in [6, 6.07) is 7.57. The van der Waals surface area contributed by atoms with E-state index in [9.17, 15) is 4.79 Å². The van der Waals surface area contributed by atoms with Gasteiger partial charge in [-0.15, -0.1) is 0 Å². The summed E-state index contributed by atoms with van der Waals surface area (Å²) >= 11 is 0. The molecular formula is C11H14N2O3. The van der Waals surface area contributed by atoms with Crippen LogP contribution in [-0.2, 0) is 22.9 Å². The van der Waals surface area contributed by atoms with Gasteiger partial charge >= 0.3 is 5.69 Å². The lowest BCUT2D eigenvalue weighted by molar-refractivity contribution is 0.117. The van der Waals surface area contributed by atoms with Crippen molar-refractivity contribution in [3.8, 4) is 0 Å².